The minimum Gasteiger partial charge on any atom is -0.484 e. The molecule has 0 spiro atoms. The summed E-state index contributed by atoms with van der Waals surface area (Å²) in [4.78, 5) is 11.0. The van der Waals surface area contributed by atoms with Gasteiger partial charge in [-0.25, -0.2) is 4.39 Å². The number of benzene rings is 1. The number of amides is 1. The van der Waals surface area contributed by atoms with Gasteiger partial charge in [-0.15, -0.1) is 0 Å². The lowest BCUT2D eigenvalue weighted by atomic mass is 10.2. The summed E-state index contributed by atoms with van der Waals surface area (Å²) in [7, 11) is 0. The third-order valence-corrected chi connectivity index (χ3v) is 1.89. The van der Waals surface area contributed by atoms with E-state index in [2.05, 4.69) is 5.32 Å². The molecule has 3 nitrogen and oxygen atoms in total. The highest BCUT2D eigenvalue weighted by Gasteiger charge is 2.03. The molecule has 0 saturated carbocycles. The van der Waals surface area contributed by atoms with Crippen molar-refractivity contribution in [1.29, 1.82) is 0 Å². The molecule has 0 aliphatic heterocycles. The topological polar surface area (TPSA) is 38.3 Å². The Balaban J connectivity index is 2.51. The molecular weight excluding hydrogens is 197 g/mol. The lowest BCUT2D eigenvalue weighted by Crippen LogP contribution is -2.28. The van der Waals surface area contributed by atoms with Crippen LogP contribution in [0.3, 0.4) is 0 Å². The summed E-state index contributed by atoms with van der Waals surface area (Å²) in [5.74, 6) is -0.175. The van der Waals surface area contributed by atoms with Crippen LogP contribution in [0.25, 0.3) is 0 Å². The number of halogens is 1. The number of likely N-dealkylation sites (N-methyl/N-ethyl adjacent to an activating group) is 1. The number of hydrogen-bond acceptors (Lipinski definition) is 2. The van der Waals surface area contributed by atoms with Crippen molar-refractivity contribution in [3.8, 4) is 5.75 Å². The third-order valence-electron chi connectivity index (χ3n) is 1.89. The highest BCUT2D eigenvalue weighted by atomic mass is 19.1. The van der Waals surface area contributed by atoms with E-state index >= 15 is 0 Å². The molecule has 0 heterocycles. The zero-order valence-corrected chi connectivity index (χ0v) is 8.84. The average Bonchev–Trinajstić information content (AvgIpc) is 2.20. The molecule has 82 valence electrons. The van der Waals surface area contributed by atoms with Crippen molar-refractivity contribution in [3.63, 3.8) is 0 Å². The minimum absolute atomic E-state index is 0.0870. The molecule has 1 N–H and O–H groups in total. The van der Waals surface area contributed by atoms with Crippen molar-refractivity contribution in [2.24, 2.45) is 0 Å². The van der Waals surface area contributed by atoms with Crippen LogP contribution in [0.15, 0.2) is 18.2 Å². The van der Waals surface area contributed by atoms with E-state index < -0.39 is 0 Å². The van der Waals surface area contributed by atoms with Crippen molar-refractivity contribution >= 4 is 5.91 Å². The molecule has 1 rings (SSSR count). The van der Waals surface area contributed by atoms with Gasteiger partial charge in [-0.3, -0.25) is 4.79 Å². The van der Waals surface area contributed by atoms with E-state index in [1.165, 1.54) is 6.07 Å². The lowest BCUT2D eigenvalue weighted by molar-refractivity contribution is -0.122. The predicted octanol–water partition coefficient (Wildman–Crippen LogP) is 1.65. The van der Waals surface area contributed by atoms with Crippen LogP contribution in [-0.2, 0) is 4.79 Å². The van der Waals surface area contributed by atoms with Crippen molar-refractivity contribution in [2.75, 3.05) is 13.2 Å². The fourth-order valence-corrected chi connectivity index (χ4v) is 1.06. The number of carbonyl (C=O) groups is 1. The van der Waals surface area contributed by atoms with E-state index in [0.29, 0.717) is 17.9 Å². The van der Waals surface area contributed by atoms with Gasteiger partial charge in [0.05, 0.1) is 0 Å². The van der Waals surface area contributed by atoms with E-state index in [1.54, 1.807) is 19.1 Å². The van der Waals surface area contributed by atoms with Crippen LogP contribution < -0.4 is 10.1 Å². The van der Waals surface area contributed by atoms with Gasteiger partial charge < -0.3 is 10.1 Å². The predicted molar refractivity (Wildman–Crippen MR) is 55.3 cm³/mol. The number of nitrogens with one attached hydrogen (secondary N) is 1. The smallest absolute Gasteiger partial charge is 0.257 e. The maximum absolute atomic E-state index is 13.1. The maximum atomic E-state index is 13.1. The van der Waals surface area contributed by atoms with Crippen molar-refractivity contribution in [3.05, 3.63) is 29.6 Å². The molecule has 0 unspecified atom stereocenters. The summed E-state index contributed by atoms with van der Waals surface area (Å²) in [6.45, 7) is 3.97. The van der Waals surface area contributed by atoms with Crippen molar-refractivity contribution < 1.29 is 13.9 Å². The van der Waals surface area contributed by atoms with Gasteiger partial charge >= 0.3 is 0 Å². The van der Waals surface area contributed by atoms with E-state index in [0.717, 1.165) is 0 Å². The second-order valence-corrected chi connectivity index (χ2v) is 3.15. The molecule has 15 heavy (non-hydrogen) atoms. The summed E-state index contributed by atoms with van der Waals surface area (Å²) in [5.41, 5.74) is 0.556. The molecule has 0 fully saturated rings. The number of rotatable bonds is 4. The van der Waals surface area contributed by atoms with Crippen molar-refractivity contribution in [2.45, 2.75) is 13.8 Å². The summed E-state index contributed by atoms with van der Waals surface area (Å²) in [6.07, 6.45) is 0. The van der Waals surface area contributed by atoms with Gasteiger partial charge in [0.2, 0.25) is 0 Å². The monoisotopic (exact) mass is 211 g/mol. The van der Waals surface area contributed by atoms with Gasteiger partial charge in [-0.05, 0) is 25.5 Å². The van der Waals surface area contributed by atoms with E-state index in [9.17, 15) is 9.18 Å². The Morgan fingerprint density at radius 2 is 2.27 bits per heavy atom. The van der Waals surface area contributed by atoms with Gasteiger partial charge in [0, 0.05) is 12.6 Å². The molecule has 0 aliphatic carbocycles. The Kier molecular flexibility index (Phi) is 4.09. The quantitative estimate of drug-likeness (QED) is 0.822. The van der Waals surface area contributed by atoms with E-state index in [1.807, 2.05) is 6.92 Å². The zero-order chi connectivity index (χ0) is 11.3. The maximum Gasteiger partial charge on any atom is 0.257 e. The normalized spacial score (nSPS) is 9.80. The van der Waals surface area contributed by atoms with Crippen LogP contribution in [0.5, 0.6) is 5.75 Å². The minimum atomic E-state index is -0.330. The molecule has 0 bridgehead atoms. The number of carbonyl (C=O) groups excluding carboxylic acids is 1. The summed E-state index contributed by atoms with van der Waals surface area (Å²) in [5, 5.41) is 2.58. The molecule has 0 atom stereocenters. The second-order valence-electron chi connectivity index (χ2n) is 3.15. The number of aryl methyl sites for hydroxylation is 1. The Morgan fingerprint density at radius 1 is 1.53 bits per heavy atom. The Hall–Kier alpha value is -1.58. The van der Waals surface area contributed by atoms with Crippen LogP contribution in [0.1, 0.15) is 12.5 Å². The number of ether oxygens (including phenoxy) is 1. The van der Waals surface area contributed by atoms with Gasteiger partial charge in [0.25, 0.3) is 5.91 Å². The zero-order valence-electron chi connectivity index (χ0n) is 8.84. The molecule has 1 aromatic rings. The lowest BCUT2D eigenvalue weighted by Gasteiger charge is -2.06. The van der Waals surface area contributed by atoms with Gasteiger partial charge in [-0.1, -0.05) is 6.07 Å². The molecule has 0 radical (unpaired) electrons. The Morgan fingerprint density at radius 3 is 2.87 bits per heavy atom. The average molecular weight is 211 g/mol. The first-order chi connectivity index (χ1) is 7.13. The van der Waals surface area contributed by atoms with Crippen molar-refractivity contribution in [1.82, 2.24) is 5.32 Å². The highest BCUT2D eigenvalue weighted by molar-refractivity contribution is 5.77. The molecule has 0 aliphatic rings. The molecular formula is C11H14FNO2. The first kappa shape index (κ1) is 11.5. The van der Waals surface area contributed by atoms with Crippen LogP contribution in [0.4, 0.5) is 4.39 Å². The summed E-state index contributed by atoms with van der Waals surface area (Å²) in [6, 6.07) is 4.52. The number of hydrogen-bond donors (Lipinski definition) is 1. The third kappa shape index (κ3) is 3.58. The molecule has 0 aromatic heterocycles. The Bertz CT molecular complexity index is 352. The van der Waals surface area contributed by atoms with Crippen LogP contribution in [0.2, 0.25) is 0 Å². The summed E-state index contributed by atoms with van der Waals surface area (Å²) >= 11 is 0. The fourth-order valence-electron chi connectivity index (χ4n) is 1.06. The standard InChI is InChI=1S/C11H14FNO2/c1-3-13-11(14)7-15-9-5-4-8(2)10(12)6-9/h4-6H,3,7H2,1-2H3,(H,13,14). The van der Waals surface area contributed by atoms with Gasteiger partial charge in [-0.2, -0.15) is 0 Å². The molecule has 4 heteroatoms. The molecule has 0 saturated heterocycles. The first-order valence-electron chi connectivity index (χ1n) is 4.79. The van der Waals surface area contributed by atoms with Crippen LogP contribution in [-0.4, -0.2) is 19.1 Å². The largest absolute Gasteiger partial charge is 0.484 e. The van der Waals surface area contributed by atoms with Crippen LogP contribution >= 0.6 is 0 Å². The first-order valence-corrected chi connectivity index (χ1v) is 4.79. The Labute approximate surface area is 88.2 Å². The van der Waals surface area contributed by atoms with Gasteiger partial charge in [0.15, 0.2) is 6.61 Å². The second kappa shape index (κ2) is 5.34. The summed E-state index contributed by atoms with van der Waals surface area (Å²) < 4.78 is 18.2. The molecule has 1 aromatic carbocycles. The van der Waals surface area contributed by atoms with E-state index in [4.69, 9.17) is 4.74 Å². The van der Waals surface area contributed by atoms with Crippen LogP contribution in [0, 0.1) is 12.7 Å². The van der Waals surface area contributed by atoms with E-state index in [-0.39, 0.29) is 18.3 Å². The molecule has 1 amide bonds. The highest BCUT2D eigenvalue weighted by Crippen LogP contribution is 2.15. The fraction of sp³-hybridized carbons (Fsp3) is 0.364. The SMILES string of the molecule is CCNC(=O)COc1ccc(C)c(F)c1. The van der Waals surface area contributed by atoms with Gasteiger partial charge in [0.1, 0.15) is 11.6 Å².